The van der Waals surface area contributed by atoms with Gasteiger partial charge in [0.05, 0.1) is 18.3 Å². The van der Waals surface area contributed by atoms with Crippen molar-refractivity contribution in [1.29, 1.82) is 0 Å². The van der Waals surface area contributed by atoms with Gasteiger partial charge >= 0.3 is 0 Å². The topological polar surface area (TPSA) is 42.4 Å². The van der Waals surface area contributed by atoms with Gasteiger partial charge in [0.25, 0.3) is 5.91 Å². The van der Waals surface area contributed by atoms with Crippen LogP contribution >= 0.6 is 11.6 Å². The lowest BCUT2D eigenvalue weighted by Gasteiger charge is -2.31. The minimum atomic E-state index is -0.682. The Morgan fingerprint density at radius 1 is 1.71 bits per heavy atom. The van der Waals surface area contributed by atoms with E-state index in [1.165, 1.54) is 6.20 Å². The number of pyridine rings is 1. The van der Waals surface area contributed by atoms with Crippen LogP contribution in [0.1, 0.15) is 17.3 Å². The van der Waals surface area contributed by atoms with Gasteiger partial charge in [-0.05, 0) is 13.0 Å². The number of nitrogens with zero attached hydrogens (tertiary/aromatic N) is 2. The summed E-state index contributed by atoms with van der Waals surface area (Å²) in [6.07, 6.45) is 1.28. The van der Waals surface area contributed by atoms with Crippen molar-refractivity contribution in [3.8, 4) is 0 Å². The molecule has 2 heterocycles. The first-order chi connectivity index (χ1) is 8.08. The van der Waals surface area contributed by atoms with Crippen LogP contribution in [-0.2, 0) is 4.74 Å². The Bertz CT molecular complexity index is 441. The third-order valence-corrected chi connectivity index (χ3v) is 2.85. The molecule has 6 heteroatoms. The van der Waals surface area contributed by atoms with Crippen LogP contribution in [0, 0.1) is 5.82 Å². The Kier molecular flexibility index (Phi) is 3.59. The highest BCUT2D eigenvalue weighted by Gasteiger charge is 2.23. The van der Waals surface area contributed by atoms with Gasteiger partial charge < -0.3 is 9.64 Å². The normalized spacial score (nSPS) is 20.4. The molecule has 17 heavy (non-hydrogen) atoms. The van der Waals surface area contributed by atoms with Crippen LogP contribution in [0.3, 0.4) is 0 Å². The Morgan fingerprint density at radius 2 is 2.47 bits per heavy atom. The fourth-order valence-corrected chi connectivity index (χ4v) is 1.83. The molecule has 1 aliphatic rings. The van der Waals surface area contributed by atoms with Crippen LogP contribution in [0.5, 0.6) is 0 Å². The first-order valence-corrected chi connectivity index (χ1v) is 5.67. The predicted molar refractivity (Wildman–Crippen MR) is 60.5 cm³/mol. The summed E-state index contributed by atoms with van der Waals surface area (Å²) in [5, 5.41) is -0.225. The summed E-state index contributed by atoms with van der Waals surface area (Å²) in [6.45, 7) is 3.40. The van der Waals surface area contributed by atoms with Crippen molar-refractivity contribution in [1.82, 2.24) is 9.88 Å². The van der Waals surface area contributed by atoms with E-state index in [1.807, 2.05) is 6.92 Å². The number of halogens is 2. The van der Waals surface area contributed by atoms with E-state index in [1.54, 1.807) is 4.90 Å². The summed E-state index contributed by atoms with van der Waals surface area (Å²) in [4.78, 5) is 17.3. The molecule has 0 bridgehead atoms. The highest BCUT2D eigenvalue weighted by molar-refractivity contribution is 6.29. The molecule has 1 fully saturated rings. The van der Waals surface area contributed by atoms with Crippen molar-refractivity contribution in [2.24, 2.45) is 0 Å². The minimum Gasteiger partial charge on any atom is -0.375 e. The van der Waals surface area contributed by atoms with E-state index >= 15 is 0 Å². The van der Waals surface area contributed by atoms with Crippen molar-refractivity contribution in [2.45, 2.75) is 13.0 Å². The number of rotatable bonds is 1. The number of carbonyl (C=O) groups excluding carboxylic acids is 1. The Morgan fingerprint density at radius 3 is 3.12 bits per heavy atom. The van der Waals surface area contributed by atoms with Crippen molar-refractivity contribution in [3.63, 3.8) is 0 Å². The summed E-state index contributed by atoms with van der Waals surface area (Å²) in [7, 11) is 0. The lowest BCUT2D eigenvalue weighted by Crippen LogP contribution is -2.44. The molecule has 1 atom stereocenters. The van der Waals surface area contributed by atoms with Gasteiger partial charge in [0, 0.05) is 19.3 Å². The molecule has 0 unspecified atom stereocenters. The number of amides is 1. The van der Waals surface area contributed by atoms with E-state index in [9.17, 15) is 9.18 Å². The summed E-state index contributed by atoms with van der Waals surface area (Å²) in [5.41, 5.74) is 0.209. The molecule has 1 aromatic heterocycles. The number of hydrogen-bond donors (Lipinski definition) is 0. The number of aromatic nitrogens is 1. The maximum atomic E-state index is 13.2. The van der Waals surface area contributed by atoms with Gasteiger partial charge in [-0.3, -0.25) is 4.79 Å². The van der Waals surface area contributed by atoms with Gasteiger partial charge in [-0.1, -0.05) is 11.6 Å². The van der Waals surface area contributed by atoms with Gasteiger partial charge in [0.1, 0.15) is 0 Å². The molecule has 4 nitrogen and oxygen atoms in total. The third kappa shape index (κ3) is 2.73. The lowest BCUT2D eigenvalue weighted by molar-refractivity contribution is -0.0124. The molecule has 1 aromatic rings. The average molecular weight is 259 g/mol. The summed E-state index contributed by atoms with van der Waals surface area (Å²) in [5.74, 6) is -0.929. The molecule has 1 aliphatic heterocycles. The summed E-state index contributed by atoms with van der Waals surface area (Å²) in [6, 6.07) is 1.11. The van der Waals surface area contributed by atoms with Gasteiger partial charge in [0.2, 0.25) is 0 Å². The van der Waals surface area contributed by atoms with Crippen LogP contribution in [-0.4, -0.2) is 41.6 Å². The van der Waals surface area contributed by atoms with Crippen LogP contribution in [0.2, 0.25) is 5.15 Å². The van der Waals surface area contributed by atoms with Crippen molar-refractivity contribution in [2.75, 3.05) is 19.7 Å². The largest absolute Gasteiger partial charge is 0.375 e. The first kappa shape index (κ1) is 12.3. The van der Waals surface area contributed by atoms with E-state index in [0.29, 0.717) is 19.7 Å². The second kappa shape index (κ2) is 4.98. The molecule has 0 N–H and O–H groups in total. The number of ether oxygens (including phenoxy) is 1. The van der Waals surface area contributed by atoms with E-state index in [2.05, 4.69) is 4.98 Å². The third-order valence-electron chi connectivity index (χ3n) is 2.57. The van der Waals surface area contributed by atoms with Crippen LogP contribution in [0.25, 0.3) is 0 Å². The maximum Gasteiger partial charge on any atom is 0.255 e. The van der Waals surface area contributed by atoms with Crippen molar-refractivity contribution in [3.05, 3.63) is 28.8 Å². The maximum absolute atomic E-state index is 13.2. The highest BCUT2D eigenvalue weighted by Crippen LogP contribution is 2.15. The molecule has 92 valence electrons. The number of hydrogen-bond acceptors (Lipinski definition) is 3. The fraction of sp³-hybridized carbons (Fsp3) is 0.455. The summed E-state index contributed by atoms with van der Waals surface area (Å²) < 4.78 is 18.5. The van der Waals surface area contributed by atoms with Gasteiger partial charge in [-0.15, -0.1) is 0 Å². The summed E-state index contributed by atoms with van der Waals surface area (Å²) >= 11 is 5.46. The average Bonchev–Trinajstić information content (AvgIpc) is 2.32. The molecular formula is C11H12ClFN2O2. The van der Waals surface area contributed by atoms with Crippen molar-refractivity contribution >= 4 is 17.5 Å². The zero-order valence-electron chi connectivity index (χ0n) is 9.32. The Hall–Kier alpha value is -1.20. The molecule has 2 rings (SSSR count). The van der Waals surface area contributed by atoms with Gasteiger partial charge in [-0.2, -0.15) is 0 Å². The van der Waals surface area contributed by atoms with Gasteiger partial charge in [0.15, 0.2) is 11.0 Å². The molecule has 1 amide bonds. The van der Waals surface area contributed by atoms with Crippen LogP contribution in [0.15, 0.2) is 12.3 Å². The molecule has 0 spiro atoms. The van der Waals surface area contributed by atoms with E-state index < -0.39 is 5.82 Å². The van der Waals surface area contributed by atoms with Gasteiger partial charge in [-0.25, -0.2) is 9.37 Å². The zero-order valence-corrected chi connectivity index (χ0v) is 10.1. The lowest BCUT2D eigenvalue weighted by atomic mass is 10.2. The fourth-order valence-electron chi connectivity index (χ4n) is 1.72. The standard InChI is InChI=1S/C11H12ClFN2O2/c1-7-6-15(2-3-17-7)11(16)8-4-9(13)10(12)14-5-8/h4-5,7H,2-3,6H2,1H3/t7-/m1/s1. The second-order valence-corrected chi connectivity index (χ2v) is 4.29. The number of morpholine rings is 1. The van der Waals surface area contributed by atoms with E-state index in [0.717, 1.165) is 6.07 Å². The quantitative estimate of drug-likeness (QED) is 0.721. The SMILES string of the molecule is C[C@@H]1CN(C(=O)c2cnc(Cl)c(F)c2)CCO1. The molecular weight excluding hydrogens is 247 g/mol. The predicted octanol–water partition coefficient (Wildman–Crippen LogP) is 1.74. The molecule has 0 aromatic carbocycles. The van der Waals surface area contributed by atoms with E-state index in [4.69, 9.17) is 16.3 Å². The first-order valence-electron chi connectivity index (χ1n) is 5.30. The van der Waals surface area contributed by atoms with Crippen LogP contribution in [0.4, 0.5) is 4.39 Å². The Labute approximate surface area is 103 Å². The Balaban J connectivity index is 2.15. The van der Waals surface area contributed by atoms with Crippen LogP contribution < -0.4 is 0 Å². The molecule has 1 saturated heterocycles. The molecule has 0 radical (unpaired) electrons. The monoisotopic (exact) mass is 258 g/mol. The molecule has 0 saturated carbocycles. The highest BCUT2D eigenvalue weighted by atomic mass is 35.5. The minimum absolute atomic E-state index is 0.00203. The second-order valence-electron chi connectivity index (χ2n) is 3.93. The molecule has 0 aliphatic carbocycles. The number of carbonyl (C=O) groups is 1. The zero-order chi connectivity index (χ0) is 12.4. The van der Waals surface area contributed by atoms with E-state index in [-0.39, 0.29) is 22.7 Å². The van der Waals surface area contributed by atoms with Crippen molar-refractivity contribution < 1.29 is 13.9 Å². The smallest absolute Gasteiger partial charge is 0.255 e.